The highest BCUT2D eigenvalue weighted by Gasteiger charge is 2.24. The first-order valence-corrected chi connectivity index (χ1v) is 9.99. The highest BCUT2D eigenvalue weighted by atomic mass is 79.9. The molecular weight excluding hydrogens is 394 g/mol. The molecule has 1 nitrogen and oxygen atoms in total. The van der Waals surface area contributed by atoms with E-state index in [4.69, 9.17) is 0 Å². The van der Waals surface area contributed by atoms with Crippen LogP contribution in [-0.4, -0.2) is 14.1 Å². The lowest BCUT2D eigenvalue weighted by Crippen LogP contribution is -2.40. The molecule has 4 aromatic rings. The number of hydrogen-bond acceptors (Lipinski definition) is 0. The normalized spacial score (nSPS) is 11.7. The molecule has 0 aliphatic carbocycles. The number of hydrogen-bond donors (Lipinski definition) is 0. The van der Waals surface area contributed by atoms with Crippen molar-refractivity contribution in [3.05, 3.63) is 101 Å². The van der Waals surface area contributed by atoms with E-state index in [0.29, 0.717) is 0 Å². The van der Waals surface area contributed by atoms with E-state index in [-0.39, 0.29) is 0 Å². The number of halogens is 1. The van der Waals surface area contributed by atoms with Gasteiger partial charge in [-0.25, -0.2) is 0 Å². The van der Waals surface area contributed by atoms with Crippen LogP contribution in [0.1, 0.15) is 5.56 Å². The van der Waals surface area contributed by atoms with Crippen molar-refractivity contribution >= 4 is 32.4 Å². The van der Waals surface area contributed by atoms with Crippen LogP contribution in [0.25, 0.3) is 21.9 Å². The quantitative estimate of drug-likeness (QED) is 0.313. The van der Waals surface area contributed by atoms with Crippen LogP contribution in [0.4, 0.5) is 5.69 Å². The Balaban J connectivity index is 1.77. The van der Waals surface area contributed by atoms with Gasteiger partial charge in [0.25, 0.3) is 0 Å². The topological polar surface area (TPSA) is 0 Å². The lowest BCUT2D eigenvalue weighted by Gasteiger charge is -2.32. The third-order valence-corrected chi connectivity index (χ3v) is 5.69. The summed E-state index contributed by atoms with van der Waals surface area (Å²) < 4.78 is 1.90. The van der Waals surface area contributed by atoms with Crippen molar-refractivity contribution < 1.29 is 0 Å². The first kappa shape index (κ1) is 18.0. The van der Waals surface area contributed by atoms with Gasteiger partial charge < -0.3 is 0 Å². The molecule has 0 bridgehead atoms. The maximum Gasteiger partial charge on any atom is 0.140 e. The Labute approximate surface area is 169 Å². The lowest BCUT2D eigenvalue weighted by atomic mass is 10.00. The van der Waals surface area contributed by atoms with Crippen LogP contribution in [0.2, 0.25) is 0 Å². The van der Waals surface area contributed by atoms with E-state index in [1.807, 2.05) is 0 Å². The number of benzene rings is 4. The molecule has 4 rings (SSSR count). The average Bonchev–Trinajstić information content (AvgIpc) is 2.69. The van der Waals surface area contributed by atoms with E-state index >= 15 is 0 Å². The van der Waals surface area contributed by atoms with Gasteiger partial charge in [0.15, 0.2) is 0 Å². The van der Waals surface area contributed by atoms with Crippen LogP contribution in [0.15, 0.2) is 95.5 Å². The molecule has 0 unspecified atom stereocenters. The summed E-state index contributed by atoms with van der Waals surface area (Å²) in [5, 5.41) is 2.64. The van der Waals surface area contributed by atoms with Gasteiger partial charge in [-0.3, -0.25) is 4.48 Å². The molecule has 0 saturated carbocycles. The van der Waals surface area contributed by atoms with Gasteiger partial charge in [0, 0.05) is 15.6 Å². The van der Waals surface area contributed by atoms with Crippen molar-refractivity contribution in [2.75, 3.05) is 14.1 Å². The monoisotopic (exact) mass is 416 g/mol. The van der Waals surface area contributed by atoms with E-state index in [0.717, 1.165) is 15.5 Å². The molecule has 4 aromatic carbocycles. The summed E-state index contributed by atoms with van der Waals surface area (Å²) in [6.07, 6.45) is 0. The first-order valence-electron chi connectivity index (χ1n) is 9.20. The molecule has 0 spiro atoms. The van der Waals surface area contributed by atoms with Gasteiger partial charge in [0.05, 0.1) is 14.1 Å². The summed E-state index contributed by atoms with van der Waals surface area (Å²) in [7, 11) is 4.58. The third-order valence-electron chi connectivity index (χ3n) is 5.16. The summed E-state index contributed by atoms with van der Waals surface area (Å²) in [4.78, 5) is 0. The average molecular weight is 417 g/mol. The summed E-state index contributed by atoms with van der Waals surface area (Å²) >= 11 is 3.54. The Kier molecular flexibility index (Phi) is 4.86. The van der Waals surface area contributed by atoms with Gasteiger partial charge >= 0.3 is 0 Å². The van der Waals surface area contributed by atoms with Crippen LogP contribution in [-0.2, 0) is 6.54 Å². The zero-order valence-corrected chi connectivity index (χ0v) is 17.3. The van der Waals surface area contributed by atoms with Crippen molar-refractivity contribution in [3.63, 3.8) is 0 Å². The molecule has 0 aliphatic heterocycles. The van der Waals surface area contributed by atoms with Crippen molar-refractivity contribution in [2.45, 2.75) is 6.54 Å². The van der Waals surface area contributed by atoms with E-state index in [9.17, 15) is 0 Å². The van der Waals surface area contributed by atoms with Gasteiger partial charge in [-0.2, -0.15) is 0 Å². The molecule has 0 radical (unpaired) electrons. The fraction of sp³-hybridized carbons (Fsp3) is 0.120. The van der Waals surface area contributed by atoms with E-state index < -0.39 is 0 Å². The Morgan fingerprint density at radius 3 is 2.19 bits per heavy atom. The zero-order valence-electron chi connectivity index (χ0n) is 15.7. The van der Waals surface area contributed by atoms with Crippen molar-refractivity contribution in [2.24, 2.45) is 0 Å². The summed E-state index contributed by atoms with van der Waals surface area (Å²) in [5.74, 6) is 0. The second kappa shape index (κ2) is 7.30. The summed E-state index contributed by atoms with van der Waals surface area (Å²) in [6.45, 7) is 0.939. The Bertz CT molecular complexity index is 1080. The Morgan fingerprint density at radius 2 is 1.37 bits per heavy atom. The summed E-state index contributed by atoms with van der Waals surface area (Å²) in [6, 6.07) is 32.6. The molecule has 0 heterocycles. The van der Waals surface area contributed by atoms with Crippen LogP contribution < -0.4 is 4.48 Å². The van der Waals surface area contributed by atoms with E-state index in [2.05, 4.69) is 121 Å². The minimum absolute atomic E-state index is 0.792. The van der Waals surface area contributed by atoms with Gasteiger partial charge in [-0.1, -0.05) is 82.7 Å². The van der Waals surface area contributed by atoms with Gasteiger partial charge in [0.1, 0.15) is 12.2 Å². The fourth-order valence-electron chi connectivity index (χ4n) is 3.82. The van der Waals surface area contributed by atoms with Crippen LogP contribution >= 0.6 is 15.9 Å². The predicted molar refractivity (Wildman–Crippen MR) is 121 cm³/mol. The molecule has 27 heavy (non-hydrogen) atoms. The van der Waals surface area contributed by atoms with Gasteiger partial charge in [-0.15, -0.1) is 0 Å². The number of fused-ring (bicyclic) bond motifs is 1. The molecule has 134 valence electrons. The number of quaternary nitrogens is 1. The van der Waals surface area contributed by atoms with E-state index in [1.165, 1.54) is 33.2 Å². The minimum Gasteiger partial charge on any atom is -0.292 e. The van der Waals surface area contributed by atoms with Crippen LogP contribution in [0, 0.1) is 0 Å². The molecule has 0 N–H and O–H groups in total. The maximum atomic E-state index is 3.54. The molecule has 0 amide bonds. The number of para-hydroxylation sites is 1. The molecule has 0 saturated heterocycles. The second-order valence-corrected chi connectivity index (χ2v) is 8.42. The maximum absolute atomic E-state index is 3.54. The van der Waals surface area contributed by atoms with Crippen LogP contribution in [0.3, 0.4) is 0 Å². The zero-order chi connectivity index (χ0) is 18.9. The Morgan fingerprint density at radius 1 is 0.704 bits per heavy atom. The Hall–Kier alpha value is -2.42. The van der Waals surface area contributed by atoms with E-state index in [1.54, 1.807) is 0 Å². The molecule has 2 heteroatoms. The standard InChI is InChI=1S/C25H23BrN/c1-27(2,18-21-10-7-9-19-8-3-4-11-23(19)21)25-13-6-5-12-24(25)20-14-16-22(26)17-15-20/h3-17H,18H2,1-2H3/q+1. The van der Waals surface area contributed by atoms with Crippen LogP contribution in [0.5, 0.6) is 0 Å². The molecule has 0 aromatic heterocycles. The SMILES string of the molecule is C[N+](C)(Cc1cccc2ccccc12)c1ccccc1-c1ccc(Br)cc1. The largest absolute Gasteiger partial charge is 0.292 e. The smallest absolute Gasteiger partial charge is 0.140 e. The molecule has 0 atom stereocenters. The highest BCUT2D eigenvalue weighted by molar-refractivity contribution is 9.10. The molecule has 0 fully saturated rings. The summed E-state index contributed by atoms with van der Waals surface area (Å²) in [5.41, 5.74) is 5.24. The van der Waals surface area contributed by atoms with Crippen molar-refractivity contribution in [1.82, 2.24) is 4.48 Å². The van der Waals surface area contributed by atoms with Gasteiger partial charge in [-0.05, 0) is 40.6 Å². The third kappa shape index (κ3) is 3.69. The number of rotatable bonds is 4. The van der Waals surface area contributed by atoms with Crippen molar-refractivity contribution in [1.29, 1.82) is 0 Å². The predicted octanol–water partition coefficient (Wildman–Crippen LogP) is 7.04. The minimum atomic E-state index is 0.792. The second-order valence-electron chi connectivity index (χ2n) is 7.51. The van der Waals surface area contributed by atoms with Crippen molar-refractivity contribution in [3.8, 4) is 11.1 Å². The fourth-order valence-corrected chi connectivity index (χ4v) is 4.08. The highest BCUT2D eigenvalue weighted by Crippen LogP contribution is 2.35. The molecular formula is C25H23BrN+. The lowest BCUT2D eigenvalue weighted by molar-refractivity contribution is 0.394. The first-order chi connectivity index (χ1) is 13.0. The molecule has 0 aliphatic rings. The number of nitrogens with zero attached hydrogens (tertiary/aromatic N) is 1. The van der Waals surface area contributed by atoms with Gasteiger partial charge in [0.2, 0.25) is 0 Å².